The van der Waals surface area contributed by atoms with Gasteiger partial charge in [-0.3, -0.25) is 0 Å². The third-order valence-corrected chi connectivity index (χ3v) is 12.0. The maximum atomic E-state index is 6.99. The van der Waals surface area contributed by atoms with E-state index in [0.29, 0.717) is 11.8 Å². The fraction of sp³-hybridized carbons (Fsp3) is 1.00. The Hall–Kier alpha value is 1.70. The Balaban J connectivity index is 1.75. The summed E-state index contributed by atoms with van der Waals surface area (Å²) in [5.41, 5.74) is 0. The second-order valence-corrected chi connectivity index (χ2v) is 10.6. The van der Waals surface area contributed by atoms with E-state index in [0.717, 1.165) is 0 Å². The summed E-state index contributed by atoms with van der Waals surface area (Å²) in [7, 11) is 0. The zero-order chi connectivity index (χ0) is 13.3. The van der Waals surface area contributed by atoms with E-state index in [9.17, 15) is 0 Å². The Bertz CT molecular complexity index is 552. The first-order valence-electron chi connectivity index (χ1n) is 6.49. The molecule has 104 valence electrons. The third-order valence-electron chi connectivity index (χ3n) is 7.03. The summed E-state index contributed by atoms with van der Waals surface area (Å²) in [5, 5.41) is -0.499. The van der Waals surface area contributed by atoms with Crippen LogP contribution in [-0.4, -0.2) is 36.5 Å². The maximum absolute atomic E-state index is 6.99. The van der Waals surface area contributed by atoms with Gasteiger partial charge in [0.2, 0.25) is 0 Å². The number of ether oxygens (including phenoxy) is 1. The minimum Gasteiger partial charge on any atom is -0.369 e. The molecule has 6 bridgehead atoms. The summed E-state index contributed by atoms with van der Waals surface area (Å²) >= 11 is 40.8. The van der Waals surface area contributed by atoms with Crippen LogP contribution in [0.4, 0.5) is 0 Å². The van der Waals surface area contributed by atoms with Crippen LogP contribution in [0.2, 0.25) is 0 Å². The van der Waals surface area contributed by atoms with Gasteiger partial charge in [-0.05, 0) is 29.6 Å². The molecule has 5 aliphatic carbocycles. The van der Waals surface area contributed by atoms with Gasteiger partial charge in [-0.25, -0.2) is 0 Å². The van der Waals surface area contributed by atoms with Crippen molar-refractivity contribution in [1.82, 2.24) is 0 Å². The molecule has 5 saturated carbocycles. The monoisotopic (exact) mass is 378 g/mol. The van der Waals surface area contributed by atoms with Crippen LogP contribution >= 0.6 is 69.6 Å². The van der Waals surface area contributed by atoms with Gasteiger partial charge in [0, 0.05) is 0 Å². The second-order valence-electron chi connectivity index (χ2n) is 6.98. The standard InChI is InChI=1S/C12H8Cl6O/c13-8-9(14)3-1-4-5(2(3)7-6(1)19-7)11(9,16)12(17,18)10(4,8)15/h1-8H/t1-,2+,3-,4+,5-,6-,7+,8-,9-,10+,11-/m0/s1. The van der Waals surface area contributed by atoms with E-state index in [2.05, 4.69) is 0 Å². The molecular formula is C12H8Cl6O. The van der Waals surface area contributed by atoms with Gasteiger partial charge in [0.1, 0.15) is 9.75 Å². The number of alkyl halides is 6. The molecular weight excluding hydrogens is 373 g/mol. The predicted octanol–water partition coefficient (Wildman–Crippen LogP) is 3.62. The molecule has 0 aromatic heterocycles. The average molecular weight is 381 g/mol. The van der Waals surface area contributed by atoms with E-state index in [1.165, 1.54) is 0 Å². The van der Waals surface area contributed by atoms with Crippen LogP contribution in [0.25, 0.3) is 0 Å². The smallest absolute Gasteiger partial charge is 0.160 e. The topological polar surface area (TPSA) is 12.5 Å². The van der Waals surface area contributed by atoms with E-state index >= 15 is 0 Å². The second kappa shape index (κ2) is 2.68. The summed E-state index contributed by atoms with van der Waals surface area (Å²) in [5.74, 6) is 1.17. The van der Waals surface area contributed by atoms with E-state index in [-0.39, 0.29) is 30.0 Å². The first kappa shape index (κ1) is 12.2. The van der Waals surface area contributed by atoms with E-state index in [1.54, 1.807) is 0 Å². The van der Waals surface area contributed by atoms with Crippen LogP contribution in [0, 0.1) is 29.6 Å². The molecule has 1 heterocycles. The Kier molecular flexibility index (Phi) is 1.72. The van der Waals surface area contributed by atoms with Crippen molar-refractivity contribution in [1.29, 1.82) is 0 Å². The molecule has 0 amide bonds. The molecule has 1 nitrogen and oxygen atoms in total. The van der Waals surface area contributed by atoms with Crippen LogP contribution in [0.15, 0.2) is 0 Å². The molecule has 0 N–H and O–H groups in total. The van der Waals surface area contributed by atoms with Crippen molar-refractivity contribution in [2.75, 3.05) is 0 Å². The molecule has 0 radical (unpaired) electrons. The lowest BCUT2D eigenvalue weighted by molar-refractivity contribution is 0.0874. The maximum Gasteiger partial charge on any atom is 0.160 e. The highest BCUT2D eigenvalue weighted by atomic mass is 35.5. The molecule has 19 heavy (non-hydrogen) atoms. The van der Waals surface area contributed by atoms with E-state index in [1.807, 2.05) is 0 Å². The number of halogens is 6. The fourth-order valence-electron chi connectivity index (χ4n) is 6.79. The Morgan fingerprint density at radius 1 is 0.737 bits per heavy atom. The molecule has 7 heteroatoms. The van der Waals surface area contributed by atoms with Gasteiger partial charge in [0.25, 0.3) is 0 Å². The first-order chi connectivity index (χ1) is 8.75. The lowest BCUT2D eigenvalue weighted by atomic mass is 9.62. The summed E-state index contributed by atoms with van der Waals surface area (Å²) in [6.07, 6.45) is 0.556. The minimum atomic E-state index is -1.29. The largest absolute Gasteiger partial charge is 0.369 e. The van der Waals surface area contributed by atoms with Crippen LogP contribution in [0.1, 0.15) is 0 Å². The molecule has 6 aliphatic rings. The Morgan fingerprint density at radius 2 is 1.32 bits per heavy atom. The normalized spacial score (nSPS) is 83.1. The van der Waals surface area contributed by atoms with Crippen molar-refractivity contribution in [2.45, 2.75) is 36.5 Å². The van der Waals surface area contributed by atoms with Gasteiger partial charge in [-0.15, -0.1) is 46.4 Å². The minimum absolute atomic E-state index is 0.128. The van der Waals surface area contributed by atoms with Crippen LogP contribution in [-0.2, 0) is 4.74 Å². The summed E-state index contributed by atoms with van der Waals surface area (Å²) in [4.78, 5) is -2.70. The molecule has 11 atom stereocenters. The highest BCUT2D eigenvalue weighted by Gasteiger charge is 3.04. The predicted molar refractivity (Wildman–Crippen MR) is 75.9 cm³/mol. The van der Waals surface area contributed by atoms with Gasteiger partial charge in [-0.2, -0.15) is 0 Å². The van der Waals surface area contributed by atoms with Crippen molar-refractivity contribution in [3.05, 3.63) is 0 Å². The molecule has 6 fully saturated rings. The fourth-order valence-corrected chi connectivity index (χ4v) is 10.8. The van der Waals surface area contributed by atoms with Crippen LogP contribution < -0.4 is 0 Å². The summed E-state index contributed by atoms with van der Waals surface area (Å²) in [6, 6.07) is 0. The number of hydrogen-bond acceptors (Lipinski definition) is 1. The van der Waals surface area contributed by atoms with Crippen molar-refractivity contribution in [3.8, 4) is 0 Å². The van der Waals surface area contributed by atoms with Crippen LogP contribution in [0.3, 0.4) is 0 Å². The third kappa shape index (κ3) is 0.718. The average Bonchev–Trinajstić information content (AvgIpc) is 2.89. The number of rotatable bonds is 0. The van der Waals surface area contributed by atoms with Gasteiger partial charge in [0.05, 0.1) is 22.5 Å². The molecule has 6 rings (SSSR count). The van der Waals surface area contributed by atoms with Crippen molar-refractivity contribution >= 4 is 69.6 Å². The highest BCUT2D eigenvalue weighted by molar-refractivity contribution is 6.63. The lowest BCUT2D eigenvalue weighted by Crippen LogP contribution is -2.64. The van der Waals surface area contributed by atoms with Gasteiger partial charge in [0.15, 0.2) is 4.33 Å². The van der Waals surface area contributed by atoms with Crippen molar-refractivity contribution in [3.63, 3.8) is 0 Å². The SMILES string of the molecule is Cl[C@@H]1[C@]2(Cl)[C@@H]3[C@H]4[C@@H]5O[C@@H]5[C@@H]5[C@H]4[C@@]1(Cl)[C@@](Cl)([C@@H]53)C2(Cl)Cl. The van der Waals surface area contributed by atoms with Crippen molar-refractivity contribution < 1.29 is 4.74 Å². The lowest BCUT2D eigenvalue weighted by Gasteiger charge is -2.53. The zero-order valence-corrected chi connectivity index (χ0v) is 13.8. The van der Waals surface area contributed by atoms with Gasteiger partial charge < -0.3 is 4.74 Å². The molecule has 0 aromatic carbocycles. The molecule has 1 saturated heterocycles. The van der Waals surface area contributed by atoms with E-state index in [4.69, 9.17) is 74.3 Å². The molecule has 0 spiro atoms. The van der Waals surface area contributed by atoms with Gasteiger partial charge >= 0.3 is 0 Å². The Morgan fingerprint density at radius 3 is 1.95 bits per heavy atom. The molecule has 0 unspecified atom stereocenters. The number of hydrogen-bond donors (Lipinski definition) is 0. The highest BCUT2D eigenvalue weighted by Crippen LogP contribution is 2.94. The summed E-state index contributed by atoms with van der Waals surface area (Å²) in [6.45, 7) is 0. The zero-order valence-electron chi connectivity index (χ0n) is 9.29. The first-order valence-corrected chi connectivity index (χ1v) is 8.82. The van der Waals surface area contributed by atoms with Gasteiger partial charge in [-0.1, -0.05) is 23.2 Å². The number of fused-ring (bicyclic) bond motifs is 5. The van der Waals surface area contributed by atoms with E-state index < -0.39 is 24.3 Å². The summed E-state index contributed by atoms with van der Waals surface area (Å²) < 4.78 is 4.49. The number of epoxide rings is 1. The quantitative estimate of drug-likeness (QED) is 0.462. The van der Waals surface area contributed by atoms with Crippen LogP contribution in [0.5, 0.6) is 0 Å². The van der Waals surface area contributed by atoms with Crippen molar-refractivity contribution in [2.24, 2.45) is 29.6 Å². The molecule has 0 aromatic rings. The molecule has 1 aliphatic heterocycles. The Labute approximate surface area is 140 Å².